The maximum atomic E-state index is 5.28. The smallest absolute Gasteiger partial charge is 0.129 e. The van der Waals surface area contributed by atoms with Gasteiger partial charge in [0, 0.05) is 31.7 Å². The van der Waals surface area contributed by atoms with E-state index in [9.17, 15) is 0 Å². The quantitative estimate of drug-likeness (QED) is 0.929. The first-order valence-corrected chi connectivity index (χ1v) is 9.43. The van der Waals surface area contributed by atoms with Crippen molar-refractivity contribution >= 4 is 0 Å². The number of piperidine rings is 1. The van der Waals surface area contributed by atoms with Crippen molar-refractivity contribution in [2.45, 2.75) is 38.3 Å². The van der Waals surface area contributed by atoms with Crippen LogP contribution in [0.1, 0.15) is 32.0 Å². The molecular weight excluding hydrogens is 312 g/mol. The molecule has 2 aliphatic rings. The Morgan fingerprint density at radius 2 is 1.92 bits per heavy atom. The largest absolute Gasteiger partial charge is 0.497 e. The summed E-state index contributed by atoms with van der Waals surface area (Å²) in [5, 5.41) is 3.81. The molecule has 5 heteroatoms. The van der Waals surface area contributed by atoms with Gasteiger partial charge < -0.3 is 19.5 Å². The van der Waals surface area contributed by atoms with E-state index in [0.717, 1.165) is 44.8 Å². The molecule has 25 heavy (non-hydrogen) atoms. The molecule has 0 amide bonds. The molecule has 1 saturated heterocycles. The van der Waals surface area contributed by atoms with E-state index in [1.807, 2.05) is 18.3 Å². The molecule has 0 bridgehead atoms. The molecule has 1 aromatic carbocycles. The van der Waals surface area contributed by atoms with Gasteiger partial charge in [-0.15, -0.1) is 0 Å². The Morgan fingerprint density at radius 1 is 1.16 bits per heavy atom. The molecule has 5 nitrogen and oxygen atoms in total. The molecule has 1 aromatic heterocycles. The molecule has 0 aliphatic carbocycles. The lowest BCUT2D eigenvalue weighted by Crippen LogP contribution is -2.55. The monoisotopic (exact) mass is 340 g/mol. The van der Waals surface area contributed by atoms with E-state index in [0.29, 0.717) is 0 Å². The van der Waals surface area contributed by atoms with E-state index in [1.165, 1.54) is 30.0 Å². The average Bonchev–Trinajstić information content (AvgIpc) is 3.10. The van der Waals surface area contributed by atoms with Crippen molar-refractivity contribution in [1.82, 2.24) is 19.8 Å². The highest BCUT2D eigenvalue weighted by atomic mass is 16.5. The fourth-order valence-corrected chi connectivity index (χ4v) is 4.34. The van der Waals surface area contributed by atoms with Crippen LogP contribution in [-0.2, 0) is 12.1 Å². The number of aromatic nitrogens is 2. The molecule has 1 N–H and O–H groups in total. The van der Waals surface area contributed by atoms with Gasteiger partial charge in [0.2, 0.25) is 0 Å². The molecule has 134 valence electrons. The zero-order valence-electron chi connectivity index (χ0n) is 15.3. The fourth-order valence-electron chi connectivity index (χ4n) is 4.34. The molecule has 0 radical (unpaired) electrons. The number of hydrogen-bond acceptors (Lipinski definition) is 4. The minimum Gasteiger partial charge on any atom is -0.497 e. The summed E-state index contributed by atoms with van der Waals surface area (Å²) in [6.07, 6.45) is 5.57. The van der Waals surface area contributed by atoms with Crippen LogP contribution >= 0.6 is 0 Å². The number of nitrogens with zero attached hydrogens (tertiary/aromatic N) is 3. The van der Waals surface area contributed by atoms with E-state index < -0.39 is 0 Å². The third-order valence-electron chi connectivity index (χ3n) is 5.72. The Hall–Kier alpha value is -1.85. The minimum atomic E-state index is 0.0488. The van der Waals surface area contributed by atoms with E-state index >= 15 is 0 Å². The van der Waals surface area contributed by atoms with Crippen LogP contribution in [-0.4, -0.2) is 47.7 Å². The summed E-state index contributed by atoms with van der Waals surface area (Å²) < 4.78 is 7.71. The number of hydrogen-bond donors (Lipinski definition) is 1. The van der Waals surface area contributed by atoms with Crippen molar-refractivity contribution in [3.63, 3.8) is 0 Å². The van der Waals surface area contributed by atoms with Crippen LogP contribution in [0, 0.1) is 0 Å². The van der Waals surface area contributed by atoms with E-state index in [1.54, 1.807) is 7.11 Å². The van der Waals surface area contributed by atoms with Crippen LogP contribution in [0.25, 0.3) is 11.3 Å². The van der Waals surface area contributed by atoms with Gasteiger partial charge in [-0.25, -0.2) is 4.98 Å². The molecule has 0 unspecified atom stereocenters. The summed E-state index contributed by atoms with van der Waals surface area (Å²) in [4.78, 5) is 7.46. The molecular formula is C20H28N4O. The molecule has 2 aliphatic heterocycles. The van der Waals surface area contributed by atoms with E-state index in [-0.39, 0.29) is 5.54 Å². The number of likely N-dealkylation sites (tertiary alicyclic amines) is 1. The number of ether oxygens (including phenoxy) is 1. The second-order valence-electron chi connectivity index (χ2n) is 7.20. The zero-order chi connectivity index (χ0) is 17.3. The number of rotatable bonds is 4. The molecule has 0 atom stereocenters. The predicted octanol–water partition coefficient (Wildman–Crippen LogP) is 2.86. The van der Waals surface area contributed by atoms with Gasteiger partial charge in [-0.2, -0.15) is 0 Å². The van der Waals surface area contributed by atoms with Gasteiger partial charge in [-0.05, 0) is 50.1 Å². The van der Waals surface area contributed by atoms with Crippen molar-refractivity contribution < 1.29 is 4.74 Å². The van der Waals surface area contributed by atoms with Crippen LogP contribution < -0.4 is 10.1 Å². The van der Waals surface area contributed by atoms with Crippen molar-refractivity contribution in [1.29, 1.82) is 0 Å². The minimum absolute atomic E-state index is 0.0488. The number of benzene rings is 1. The third kappa shape index (κ3) is 2.96. The highest BCUT2D eigenvalue weighted by Gasteiger charge is 2.41. The summed E-state index contributed by atoms with van der Waals surface area (Å²) >= 11 is 0. The van der Waals surface area contributed by atoms with Crippen molar-refractivity contribution in [2.75, 3.05) is 33.3 Å². The lowest BCUT2D eigenvalue weighted by molar-refractivity contribution is 0.114. The van der Waals surface area contributed by atoms with Gasteiger partial charge in [0.05, 0.1) is 24.5 Å². The van der Waals surface area contributed by atoms with Gasteiger partial charge in [0.1, 0.15) is 11.6 Å². The van der Waals surface area contributed by atoms with Crippen LogP contribution in [0.2, 0.25) is 0 Å². The standard InChI is InChI=1S/C20H28N4O/c1-3-11-23-12-8-20(9-13-23)19-21-15-18(24(19)14-10-22-20)16-4-6-17(25-2)7-5-16/h4-7,15,22H,3,8-14H2,1-2H3. The zero-order valence-corrected chi connectivity index (χ0v) is 15.3. The number of nitrogens with one attached hydrogen (secondary N) is 1. The maximum absolute atomic E-state index is 5.28. The fraction of sp³-hybridized carbons (Fsp3) is 0.550. The summed E-state index contributed by atoms with van der Waals surface area (Å²) in [7, 11) is 1.70. The lowest BCUT2D eigenvalue weighted by Gasteiger charge is -2.44. The predicted molar refractivity (Wildman–Crippen MR) is 99.9 cm³/mol. The topological polar surface area (TPSA) is 42.3 Å². The molecule has 0 saturated carbocycles. The third-order valence-corrected chi connectivity index (χ3v) is 5.72. The summed E-state index contributed by atoms with van der Waals surface area (Å²) in [5.41, 5.74) is 2.47. The Morgan fingerprint density at radius 3 is 2.60 bits per heavy atom. The Balaban J connectivity index is 1.62. The van der Waals surface area contributed by atoms with Crippen molar-refractivity contribution in [2.24, 2.45) is 0 Å². The maximum Gasteiger partial charge on any atom is 0.129 e. The Labute approximate surface area is 150 Å². The van der Waals surface area contributed by atoms with Crippen LogP contribution in [0.4, 0.5) is 0 Å². The van der Waals surface area contributed by atoms with E-state index in [4.69, 9.17) is 9.72 Å². The summed E-state index contributed by atoms with van der Waals surface area (Å²) in [6, 6.07) is 8.30. The first-order valence-electron chi connectivity index (χ1n) is 9.43. The second kappa shape index (κ2) is 6.81. The molecule has 2 aromatic rings. The van der Waals surface area contributed by atoms with Gasteiger partial charge in [0.15, 0.2) is 0 Å². The number of methoxy groups -OCH3 is 1. The first-order chi connectivity index (χ1) is 12.3. The molecule has 3 heterocycles. The normalized spacial score (nSPS) is 19.8. The lowest BCUT2D eigenvalue weighted by atomic mass is 9.85. The summed E-state index contributed by atoms with van der Waals surface area (Å²) in [5.74, 6) is 2.12. The Kier molecular flexibility index (Phi) is 4.52. The SMILES string of the molecule is CCCN1CCC2(CC1)NCCn1c(-c3ccc(OC)cc3)cnc12. The number of fused-ring (bicyclic) bond motifs is 2. The molecule has 1 spiro atoms. The highest BCUT2D eigenvalue weighted by molar-refractivity contribution is 5.61. The number of imidazole rings is 1. The first kappa shape index (κ1) is 16.6. The van der Waals surface area contributed by atoms with Gasteiger partial charge in [-0.1, -0.05) is 6.92 Å². The Bertz CT molecular complexity index is 714. The highest BCUT2D eigenvalue weighted by Crippen LogP contribution is 2.37. The van der Waals surface area contributed by atoms with Crippen molar-refractivity contribution in [3.8, 4) is 17.0 Å². The van der Waals surface area contributed by atoms with Crippen LogP contribution in [0.5, 0.6) is 5.75 Å². The van der Waals surface area contributed by atoms with Crippen LogP contribution in [0.3, 0.4) is 0 Å². The van der Waals surface area contributed by atoms with Gasteiger partial charge in [0.25, 0.3) is 0 Å². The van der Waals surface area contributed by atoms with Gasteiger partial charge in [-0.3, -0.25) is 0 Å². The van der Waals surface area contributed by atoms with Gasteiger partial charge >= 0.3 is 0 Å². The van der Waals surface area contributed by atoms with Crippen LogP contribution in [0.15, 0.2) is 30.5 Å². The molecule has 1 fully saturated rings. The van der Waals surface area contributed by atoms with E-state index in [2.05, 4.69) is 33.8 Å². The van der Waals surface area contributed by atoms with Crippen molar-refractivity contribution in [3.05, 3.63) is 36.3 Å². The summed E-state index contributed by atoms with van der Waals surface area (Å²) in [6.45, 7) is 7.78. The average molecular weight is 340 g/mol. The molecule has 4 rings (SSSR count). The second-order valence-corrected chi connectivity index (χ2v) is 7.20.